The second kappa shape index (κ2) is 13.8. The Bertz CT molecular complexity index is 2250. The van der Waals surface area contributed by atoms with Gasteiger partial charge in [0.2, 0.25) is 11.9 Å². The molecule has 2 unspecified atom stereocenters. The summed E-state index contributed by atoms with van der Waals surface area (Å²) in [5.41, 5.74) is -0.212. The van der Waals surface area contributed by atoms with E-state index in [1.54, 1.807) is 0 Å². The molecule has 0 spiro atoms. The molecule has 48 heavy (non-hydrogen) atoms. The fraction of sp³-hybridized carbons (Fsp3) is 0.0714. The molecule has 8 N–H and O–H groups in total. The zero-order valence-electron chi connectivity index (χ0n) is 24.1. The third-order valence-electron chi connectivity index (χ3n) is 6.57. The zero-order chi connectivity index (χ0) is 34.6. The predicted octanol–water partition coefficient (Wildman–Crippen LogP) is 3.45. The van der Waals surface area contributed by atoms with Gasteiger partial charge in [0.15, 0.2) is 5.75 Å². The van der Waals surface area contributed by atoms with Crippen molar-refractivity contribution in [2.24, 2.45) is 10.2 Å². The molecule has 0 amide bonds. The van der Waals surface area contributed by atoms with E-state index in [0.29, 0.717) is 5.56 Å². The second-order valence-corrected chi connectivity index (χ2v) is 11.9. The normalized spacial score (nSPS) is 12.9. The smallest absolute Gasteiger partial charge is 0.351 e. The number of phenolic OH excluding ortho intramolecular Hbond substituents is 2. The Morgan fingerprint density at radius 1 is 1.02 bits per heavy atom. The first kappa shape index (κ1) is 33.4. The lowest BCUT2D eigenvalue weighted by Crippen LogP contribution is -2.33. The standard InChI is InChI=1S/C28H24N8O10S2/c37-17-6-4-14(5-7-17)12-21(25(39)40)30-27-31-26(32-28(41)33-27)29-19-10-11-22(48(44,45)46)18-8-9-20(24(38)23(18)19)35-34-15-2-1-3-16(13-15)36-47(42)43/h1-11,13,21,36-38H,12H2,(H,39,40)(H,42,43)(H,44,45,46)(H3,29,30,31,32,33,41)/p-1. The van der Waals surface area contributed by atoms with Crippen molar-refractivity contribution < 1.29 is 41.8 Å². The van der Waals surface area contributed by atoms with Crippen molar-refractivity contribution in [3.63, 3.8) is 0 Å². The molecule has 18 nitrogen and oxygen atoms in total. The molecule has 0 aliphatic heterocycles. The van der Waals surface area contributed by atoms with Crippen molar-refractivity contribution in [1.29, 1.82) is 0 Å². The maximum Gasteiger partial charge on any atom is 0.351 e. The number of carboxylic acids is 1. The van der Waals surface area contributed by atoms with Crippen molar-refractivity contribution in [3.05, 3.63) is 88.8 Å². The van der Waals surface area contributed by atoms with Gasteiger partial charge in [0, 0.05) is 28.8 Å². The Kier molecular flexibility index (Phi) is 9.61. The predicted molar refractivity (Wildman–Crippen MR) is 171 cm³/mol. The first-order valence-corrected chi connectivity index (χ1v) is 15.9. The van der Waals surface area contributed by atoms with Crippen LogP contribution >= 0.6 is 0 Å². The minimum atomic E-state index is -4.80. The number of nitrogens with one attached hydrogen (secondary N) is 4. The summed E-state index contributed by atoms with van der Waals surface area (Å²) < 4.78 is 58.2. The molecule has 4 aromatic carbocycles. The zero-order valence-corrected chi connectivity index (χ0v) is 25.7. The number of hydrogen-bond donors (Lipinski definition) is 8. The number of H-pyrrole nitrogens is 1. The molecule has 0 radical (unpaired) electrons. The van der Waals surface area contributed by atoms with Crippen molar-refractivity contribution in [1.82, 2.24) is 15.0 Å². The van der Waals surface area contributed by atoms with Gasteiger partial charge in [-0.2, -0.15) is 23.5 Å². The van der Waals surface area contributed by atoms with E-state index in [1.807, 2.05) is 0 Å². The minimum Gasteiger partial charge on any atom is -0.755 e. The number of rotatable bonds is 12. The number of aromatic hydroxyl groups is 2. The van der Waals surface area contributed by atoms with Gasteiger partial charge in [0.05, 0.1) is 16.8 Å². The Hall–Kier alpha value is -5.96. The van der Waals surface area contributed by atoms with Crippen LogP contribution in [0.15, 0.2) is 92.7 Å². The van der Waals surface area contributed by atoms with E-state index in [-0.39, 0.29) is 57.6 Å². The fourth-order valence-corrected chi connectivity index (χ4v) is 5.51. The van der Waals surface area contributed by atoms with E-state index < -0.39 is 49.7 Å². The average Bonchev–Trinajstić information content (AvgIpc) is 3.00. The van der Waals surface area contributed by atoms with Crippen molar-refractivity contribution in [3.8, 4) is 11.5 Å². The molecule has 0 saturated carbocycles. The molecule has 0 aliphatic rings. The first-order chi connectivity index (χ1) is 22.8. The van der Waals surface area contributed by atoms with Gasteiger partial charge in [-0.3, -0.25) is 13.7 Å². The molecular formula is C28H23N8O10S2-. The molecule has 1 heterocycles. The summed E-state index contributed by atoms with van der Waals surface area (Å²) in [6, 6.07) is 15.0. The van der Waals surface area contributed by atoms with Gasteiger partial charge < -0.3 is 35.2 Å². The number of azo groups is 1. The average molecular weight is 696 g/mol. The Morgan fingerprint density at radius 2 is 1.77 bits per heavy atom. The lowest BCUT2D eigenvalue weighted by molar-refractivity contribution is -0.137. The van der Waals surface area contributed by atoms with Gasteiger partial charge >= 0.3 is 11.7 Å². The van der Waals surface area contributed by atoms with E-state index in [9.17, 15) is 46.6 Å². The van der Waals surface area contributed by atoms with Crippen LogP contribution in [0.1, 0.15) is 5.56 Å². The van der Waals surface area contributed by atoms with Crippen LogP contribution in [0.25, 0.3) is 10.8 Å². The number of fused-ring (bicyclic) bond motifs is 1. The van der Waals surface area contributed by atoms with Crippen LogP contribution in [0.3, 0.4) is 0 Å². The second-order valence-electron chi connectivity index (χ2n) is 9.89. The molecule has 5 rings (SSSR count). The van der Waals surface area contributed by atoms with Crippen LogP contribution in [0, 0.1) is 0 Å². The molecule has 20 heteroatoms. The van der Waals surface area contributed by atoms with E-state index in [4.69, 9.17) is 0 Å². The highest BCUT2D eigenvalue weighted by molar-refractivity contribution is 7.86. The molecule has 0 fully saturated rings. The number of carbonyl (C=O) groups is 1. The summed E-state index contributed by atoms with van der Waals surface area (Å²) in [5, 5.41) is 43.4. The molecule has 0 aliphatic carbocycles. The fourth-order valence-electron chi connectivity index (χ4n) is 4.50. The number of benzene rings is 4. The number of aliphatic carboxylic acids is 1. The van der Waals surface area contributed by atoms with Crippen LogP contribution in [0.4, 0.5) is 34.6 Å². The highest BCUT2D eigenvalue weighted by Crippen LogP contribution is 2.42. The number of aromatic amines is 1. The Morgan fingerprint density at radius 3 is 2.46 bits per heavy atom. The number of carboxylic acid groups (broad SMARTS) is 1. The Labute approximate surface area is 272 Å². The molecule has 1 aromatic heterocycles. The van der Waals surface area contributed by atoms with Gasteiger partial charge in [0.25, 0.3) is 10.1 Å². The van der Waals surface area contributed by atoms with Crippen molar-refractivity contribution >= 4 is 72.8 Å². The largest absolute Gasteiger partial charge is 0.755 e. The van der Waals surface area contributed by atoms with Crippen molar-refractivity contribution in [2.75, 3.05) is 15.4 Å². The van der Waals surface area contributed by atoms with E-state index in [1.165, 1.54) is 66.7 Å². The molecule has 0 saturated heterocycles. The summed E-state index contributed by atoms with van der Waals surface area (Å²) in [7, 11) is -4.80. The highest BCUT2D eigenvalue weighted by atomic mass is 32.2. The molecule has 248 valence electrons. The first-order valence-electron chi connectivity index (χ1n) is 13.4. The van der Waals surface area contributed by atoms with Gasteiger partial charge in [-0.1, -0.05) is 24.3 Å². The lowest BCUT2D eigenvalue weighted by Gasteiger charge is -2.16. The van der Waals surface area contributed by atoms with Gasteiger partial charge in [-0.05, 0) is 54.1 Å². The van der Waals surface area contributed by atoms with Crippen molar-refractivity contribution in [2.45, 2.75) is 17.4 Å². The van der Waals surface area contributed by atoms with Crippen LogP contribution < -0.4 is 21.0 Å². The topological polar surface area (TPSA) is 292 Å². The van der Waals surface area contributed by atoms with E-state index in [2.05, 4.69) is 40.5 Å². The molecule has 0 bridgehead atoms. The molecule has 5 aromatic rings. The monoisotopic (exact) mass is 695 g/mol. The van der Waals surface area contributed by atoms with Gasteiger partial charge in [0.1, 0.15) is 22.4 Å². The Balaban J connectivity index is 1.51. The number of nitrogens with zero attached hydrogens (tertiary/aromatic N) is 4. The van der Waals surface area contributed by atoms with Gasteiger partial charge in [-0.25, -0.2) is 9.59 Å². The maximum atomic E-state index is 12.4. The van der Waals surface area contributed by atoms with E-state index >= 15 is 0 Å². The molecular weight excluding hydrogens is 672 g/mol. The summed E-state index contributed by atoms with van der Waals surface area (Å²) in [4.78, 5) is 33.9. The third-order valence-corrected chi connectivity index (χ3v) is 7.89. The maximum absolute atomic E-state index is 12.4. The summed E-state index contributed by atoms with van der Waals surface area (Å²) >= 11 is -2.59. The number of anilines is 4. The van der Waals surface area contributed by atoms with Gasteiger partial charge in [-0.15, -0.1) is 5.11 Å². The van der Waals surface area contributed by atoms with Crippen LogP contribution in [0.5, 0.6) is 11.5 Å². The summed E-state index contributed by atoms with van der Waals surface area (Å²) in [6.45, 7) is 0. The number of phenols is 2. The number of hydrogen-bond acceptors (Lipinski definition) is 14. The minimum absolute atomic E-state index is 0.00939. The SMILES string of the molecule is O=C(O)C(Cc1ccc(O)cc1)Nc1nc(Nc2ccc(S(=O)(=O)O)c3ccc(N=Nc4cccc(NS(=O)[O-])c4)c(O)c23)[nH]c(=O)n1. The third kappa shape index (κ3) is 8.06. The molecule has 2 atom stereocenters. The van der Waals surface area contributed by atoms with Crippen LogP contribution in [0.2, 0.25) is 0 Å². The summed E-state index contributed by atoms with van der Waals surface area (Å²) in [5.74, 6) is -2.58. The highest BCUT2D eigenvalue weighted by Gasteiger charge is 2.22. The number of aromatic nitrogens is 3. The van der Waals surface area contributed by atoms with Crippen LogP contribution in [-0.4, -0.2) is 64.0 Å². The lowest BCUT2D eigenvalue weighted by atomic mass is 10.1. The quantitative estimate of drug-likeness (QED) is 0.0527. The van der Waals surface area contributed by atoms with Crippen LogP contribution in [-0.2, 0) is 32.6 Å². The van der Waals surface area contributed by atoms with E-state index in [0.717, 1.165) is 6.07 Å². The summed E-state index contributed by atoms with van der Waals surface area (Å²) in [6.07, 6.45) is -0.0690.